The summed E-state index contributed by atoms with van der Waals surface area (Å²) in [4.78, 5) is 0. The predicted molar refractivity (Wildman–Crippen MR) is 70.3 cm³/mol. The summed E-state index contributed by atoms with van der Waals surface area (Å²) in [5.74, 6) is 0.959. The number of nitrogens with one attached hydrogen (secondary N) is 1. The topological polar surface area (TPSA) is 42.7 Å². The van der Waals surface area contributed by atoms with Crippen LogP contribution in [0.1, 0.15) is 31.3 Å². The van der Waals surface area contributed by atoms with E-state index in [2.05, 4.69) is 34.7 Å². The van der Waals surface area contributed by atoms with Gasteiger partial charge in [0, 0.05) is 12.6 Å². The molecule has 6 heteroatoms. The maximum Gasteiger partial charge on any atom is 0.146 e. The number of nitrogens with zero attached hydrogens (tertiary/aromatic N) is 3. The van der Waals surface area contributed by atoms with Gasteiger partial charge >= 0.3 is 0 Å². The average molecular weight is 271 g/mol. The third-order valence-corrected chi connectivity index (χ3v) is 3.80. The van der Waals surface area contributed by atoms with Crippen molar-refractivity contribution in [1.82, 2.24) is 20.1 Å². The monoisotopic (exact) mass is 270 g/mol. The van der Waals surface area contributed by atoms with Gasteiger partial charge in [-0.25, -0.2) is 0 Å². The third kappa shape index (κ3) is 3.06. The molecule has 2 heterocycles. The summed E-state index contributed by atoms with van der Waals surface area (Å²) >= 11 is 7.47. The molecule has 2 aromatic heterocycles. The molecule has 0 radical (unpaired) electrons. The standard InChI is InChI=1S/C11H15ClN4S/c1-3-16-7-14-15-11(16)5-13-8(2)9-4-10(12)17-6-9/h4,6-8,13H,3,5H2,1-2H3. The highest BCUT2D eigenvalue weighted by atomic mass is 35.5. The zero-order chi connectivity index (χ0) is 12.3. The molecular weight excluding hydrogens is 256 g/mol. The van der Waals surface area contributed by atoms with Gasteiger partial charge in [-0.05, 0) is 30.9 Å². The molecule has 0 saturated heterocycles. The summed E-state index contributed by atoms with van der Waals surface area (Å²) in [5, 5.41) is 13.5. The lowest BCUT2D eigenvalue weighted by Gasteiger charge is -2.12. The van der Waals surface area contributed by atoms with Crippen molar-refractivity contribution >= 4 is 22.9 Å². The van der Waals surface area contributed by atoms with Gasteiger partial charge in [0.1, 0.15) is 12.2 Å². The summed E-state index contributed by atoms with van der Waals surface area (Å²) < 4.78 is 2.85. The van der Waals surface area contributed by atoms with Gasteiger partial charge < -0.3 is 9.88 Å². The second-order valence-electron chi connectivity index (χ2n) is 3.82. The van der Waals surface area contributed by atoms with Crippen molar-refractivity contribution in [3.05, 3.63) is 33.5 Å². The molecule has 0 amide bonds. The average Bonchev–Trinajstić information content (AvgIpc) is 2.94. The predicted octanol–water partition coefficient (Wildman–Crippen LogP) is 2.86. The maximum absolute atomic E-state index is 5.92. The van der Waals surface area contributed by atoms with Gasteiger partial charge in [0.25, 0.3) is 0 Å². The van der Waals surface area contributed by atoms with E-state index in [4.69, 9.17) is 11.6 Å². The van der Waals surface area contributed by atoms with Gasteiger partial charge in [0.15, 0.2) is 0 Å². The fourth-order valence-corrected chi connectivity index (χ4v) is 2.58. The van der Waals surface area contributed by atoms with Crippen molar-refractivity contribution in [1.29, 1.82) is 0 Å². The van der Waals surface area contributed by atoms with Gasteiger partial charge in [0.2, 0.25) is 0 Å². The first-order valence-electron chi connectivity index (χ1n) is 5.54. The number of rotatable bonds is 5. The molecule has 0 fully saturated rings. The van der Waals surface area contributed by atoms with Crippen LogP contribution >= 0.6 is 22.9 Å². The normalized spacial score (nSPS) is 12.9. The van der Waals surface area contributed by atoms with E-state index in [1.165, 1.54) is 5.56 Å². The molecule has 2 rings (SSSR count). The van der Waals surface area contributed by atoms with Crippen LogP contribution in [0.5, 0.6) is 0 Å². The molecule has 0 saturated carbocycles. The van der Waals surface area contributed by atoms with Crippen LogP contribution in [0.15, 0.2) is 17.8 Å². The van der Waals surface area contributed by atoms with Crippen molar-refractivity contribution in [2.45, 2.75) is 33.0 Å². The van der Waals surface area contributed by atoms with Crippen molar-refractivity contribution in [2.24, 2.45) is 0 Å². The first kappa shape index (κ1) is 12.5. The van der Waals surface area contributed by atoms with Crippen LogP contribution in [-0.2, 0) is 13.1 Å². The second kappa shape index (κ2) is 5.62. The highest BCUT2D eigenvalue weighted by Crippen LogP contribution is 2.24. The molecule has 1 atom stereocenters. The zero-order valence-corrected chi connectivity index (χ0v) is 11.4. The lowest BCUT2D eigenvalue weighted by Crippen LogP contribution is -2.20. The molecule has 92 valence electrons. The van der Waals surface area contributed by atoms with Gasteiger partial charge in [-0.1, -0.05) is 11.6 Å². The molecule has 0 bridgehead atoms. The van der Waals surface area contributed by atoms with Crippen LogP contribution in [-0.4, -0.2) is 14.8 Å². The fourth-order valence-electron chi connectivity index (χ4n) is 1.59. The minimum atomic E-state index is 0.265. The number of halogens is 1. The van der Waals surface area contributed by atoms with E-state index >= 15 is 0 Å². The summed E-state index contributed by atoms with van der Waals surface area (Å²) in [6.07, 6.45) is 1.75. The van der Waals surface area contributed by atoms with Crippen LogP contribution in [0.3, 0.4) is 0 Å². The Labute approximate surface area is 110 Å². The molecule has 4 nitrogen and oxygen atoms in total. The molecule has 0 spiro atoms. The second-order valence-corrected chi connectivity index (χ2v) is 5.36. The van der Waals surface area contributed by atoms with Gasteiger partial charge in [-0.2, -0.15) is 0 Å². The number of thiophene rings is 1. The van der Waals surface area contributed by atoms with E-state index in [1.54, 1.807) is 17.7 Å². The highest BCUT2D eigenvalue weighted by molar-refractivity contribution is 7.14. The Morgan fingerprint density at radius 3 is 3.06 bits per heavy atom. The maximum atomic E-state index is 5.92. The number of hydrogen-bond donors (Lipinski definition) is 1. The van der Waals surface area contributed by atoms with Crippen LogP contribution < -0.4 is 5.32 Å². The largest absolute Gasteiger partial charge is 0.317 e. The quantitative estimate of drug-likeness (QED) is 0.909. The Bertz CT molecular complexity index is 479. The summed E-state index contributed by atoms with van der Waals surface area (Å²) in [7, 11) is 0. The lowest BCUT2D eigenvalue weighted by molar-refractivity contribution is 0.540. The van der Waals surface area contributed by atoms with Gasteiger partial charge in [-0.15, -0.1) is 21.5 Å². The van der Waals surface area contributed by atoms with Gasteiger partial charge in [0.05, 0.1) is 10.9 Å². The van der Waals surface area contributed by atoms with Crippen LogP contribution in [0, 0.1) is 0 Å². The Balaban J connectivity index is 1.94. The molecule has 1 unspecified atom stereocenters. The Kier molecular flexibility index (Phi) is 4.15. The zero-order valence-electron chi connectivity index (χ0n) is 9.85. The van der Waals surface area contributed by atoms with Gasteiger partial charge in [-0.3, -0.25) is 0 Å². The molecule has 1 N–H and O–H groups in total. The fraction of sp³-hybridized carbons (Fsp3) is 0.455. The smallest absolute Gasteiger partial charge is 0.146 e. The Hall–Kier alpha value is -0.910. The SMILES string of the molecule is CCn1cnnc1CNC(C)c1csc(Cl)c1. The summed E-state index contributed by atoms with van der Waals surface area (Å²) in [6, 6.07) is 2.26. The molecule has 0 aromatic carbocycles. The number of hydrogen-bond acceptors (Lipinski definition) is 4. The third-order valence-electron chi connectivity index (χ3n) is 2.69. The molecule has 2 aromatic rings. The minimum Gasteiger partial charge on any atom is -0.317 e. The summed E-state index contributed by atoms with van der Waals surface area (Å²) in [5.41, 5.74) is 1.21. The van der Waals surface area contributed by atoms with Crippen LogP contribution in [0.25, 0.3) is 0 Å². The van der Waals surface area contributed by atoms with E-state index in [0.717, 1.165) is 16.7 Å². The van der Waals surface area contributed by atoms with E-state index in [0.29, 0.717) is 6.54 Å². The highest BCUT2D eigenvalue weighted by Gasteiger charge is 2.09. The molecule has 0 aliphatic rings. The lowest BCUT2D eigenvalue weighted by atomic mass is 10.2. The molecule has 17 heavy (non-hydrogen) atoms. The molecular formula is C11H15ClN4S. The first-order valence-corrected chi connectivity index (χ1v) is 6.80. The van der Waals surface area contributed by atoms with Crippen LogP contribution in [0.4, 0.5) is 0 Å². The number of aryl methyl sites for hydroxylation is 1. The summed E-state index contributed by atoms with van der Waals surface area (Å²) in [6.45, 7) is 5.80. The minimum absolute atomic E-state index is 0.265. The molecule has 0 aliphatic heterocycles. The Morgan fingerprint density at radius 1 is 1.59 bits per heavy atom. The first-order chi connectivity index (χ1) is 8.20. The number of aromatic nitrogens is 3. The van der Waals surface area contributed by atoms with Crippen LogP contribution in [0.2, 0.25) is 4.34 Å². The Morgan fingerprint density at radius 2 is 2.41 bits per heavy atom. The van der Waals surface area contributed by atoms with E-state index in [1.807, 2.05) is 10.6 Å². The van der Waals surface area contributed by atoms with E-state index < -0.39 is 0 Å². The van der Waals surface area contributed by atoms with Crippen molar-refractivity contribution in [3.63, 3.8) is 0 Å². The van der Waals surface area contributed by atoms with Crippen molar-refractivity contribution < 1.29 is 0 Å². The van der Waals surface area contributed by atoms with Crippen molar-refractivity contribution in [3.8, 4) is 0 Å². The van der Waals surface area contributed by atoms with E-state index in [9.17, 15) is 0 Å². The van der Waals surface area contributed by atoms with E-state index in [-0.39, 0.29) is 6.04 Å². The van der Waals surface area contributed by atoms with Crippen molar-refractivity contribution in [2.75, 3.05) is 0 Å². The molecule has 0 aliphatic carbocycles.